The highest BCUT2D eigenvalue weighted by molar-refractivity contribution is 6.07. The molecule has 152 valence electrons. The van der Waals surface area contributed by atoms with E-state index in [-0.39, 0.29) is 18.3 Å². The Kier molecular flexibility index (Phi) is 4.16. The number of carbonyl (C=O) groups is 2. The highest BCUT2D eigenvalue weighted by Crippen LogP contribution is 2.41. The molecular weight excluding hydrogens is 388 g/mol. The third-order valence-electron chi connectivity index (χ3n) is 5.37. The second-order valence-electron chi connectivity index (χ2n) is 7.03. The average Bonchev–Trinajstić information content (AvgIpc) is 3.33. The molecule has 0 aliphatic carbocycles. The minimum atomic E-state index is -1.14. The van der Waals surface area contributed by atoms with Gasteiger partial charge < -0.3 is 19.3 Å². The van der Waals surface area contributed by atoms with Gasteiger partial charge in [-0.15, -0.1) is 0 Å². The van der Waals surface area contributed by atoms with Crippen molar-refractivity contribution in [3.8, 4) is 22.9 Å². The van der Waals surface area contributed by atoms with Crippen molar-refractivity contribution in [3.05, 3.63) is 60.0 Å². The number of rotatable bonds is 4. The number of para-hydroxylation sites is 2. The van der Waals surface area contributed by atoms with Crippen LogP contribution in [0.3, 0.4) is 0 Å². The Balaban J connectivity index is 1.43. The standard InChI is InChI=1S/C21H18N4O5/c1-28-15-8-4-2-6-13(15)18-22-17(30-24-18)12-25-19(26)21(23-20(25)27)10-11-29-16-9-5-3-7-14(16)21/h2-9H,10-12H2,1H3,(H,23,27)/t21-/m0/s1. The average molecular weight is 406 g/mol. The molecule has 1 spiro atoms. The number of ether oxygens (including phenoxy) is 2. The molecule has 1 fully saturated rings. The third kappa shape index (κ3) is 2.70. The van der Waals surface area contributed by atoms with Crippen LogP contribution in [0.1, 0.15) is 17.9 Å². The molecule has 1 N–H and O–H groups in total. The lowest BCUT2D eigenvalue weighted by Crippen LogP contribution is -2.47. The number of methoxy groups -OCH3 is 1. The first-order chi connectivity index (χ1) is 14.6. The maximum absolute atomic E-state index is 13.3. The van der Waals surface area contributed by atoms with E-state index in [1.54, 1.807) is 31.4 Å². The lowest BCUT2D eigenvalue weighted by atomic mass is 9.84. The van der Waals surface area contributed by atoms with E-state index >= 15 is 0 Å². The Morgan fingerprint density at radius 3 is 2.83 bits per heavy atom. The highest BCUT2D eigenvalue weighted by atomic mass is 16.5. The second-order valence-corrected chi connectivity index (χ2v) is 7.03. The second kappa shape index (κ2) is 6.87. The first kappa shape index (κ1) is 18.2. The molecule has 0 radical (unpaired) electrons. The van der Waals surface area contributed by atoms with E-state index < -0.39 is 11.6 Å². The van der Waals surface area contributed by atoms with Gasteiger partial charge in [0, 0.05) is 12.0 Å². The SMILES string of the molecule is COc1ccccc1-c1noc(CN2C(=O)N[C@]3(CCOc4ccccc43)C2=O)n1. The summed E-state index contributed by atoms with van der Waals surface area (Å²) in [4.78, 5) is 31.4. The molecule has 1 aromatic heterocycles. The highest BCUT2D eigenvalue weighted by Gasteiger charge is 2.55. The first-order valence-corrected chi connectivity index (χ1v) is 9.45. The number of imide groups is 1. The number of amides is 3. The van der Waals surface area contributed by atoms with E-state index in [9.17, 15) is 9.59 Å². The quantitative estimate of drug-likeness (QED) is 0.663. The van der Waals surface area contributed by atoms with Crippen LogP contribution in [0, 0.1) is 0 Å². The van der Waals surface area contributed by atoms with Gasteiger partial charge in [0.2, 0.25) is 11.7 Å². The summed E-state index contributed by atoms with van der Waals surface area (Å²) in [6.45, 7) is 0.201. The molecule has 0 saturated carbocycles. The van der Waals surface area contributed by atoms with Crippen molar-refractivity contribution in [2.45, 2.75) is 18.5 Å². The number of nitrogens with one attached hydrogen (secondary N) is 1. The minimum Gasteiger partial charge on any atom is -0.496 e. The normalized spacial score (nSPS) is 20.1. The molecule has 2 aromatic carbocycles. The van der Waals surface area contributed by atoms with Gasteiger partial charge >= 0.3 is 6.03 Å². The predicted molar refractivity (Wildman–Crippen MR) is 104 cm³/mol. The van der Waals surface area contributed by atoms with Crippen molar-refractivity contribution in [3.63, 3.8) is 0 Å². The molecule has 0 unspecified atom stereocenters. The fourth-order valence-electron chi connectivity index (χ4n) is 3.91. The van der Waals surface area contributed by atoms with E-state index in [2.05, 4.69) is 15.5 Å². The Morgan fingerprint density at radius 1 is 1.17 bits per heavy atom. The number of urea groups is 1. The number of nitrogens with zero attached hydrogens (tertiary/aromatic N) is 3. The van der Waals surface area contributed by atoms with Gasteiger partial charge in [-0.1, -0.05) is 35.5 Å². The van der Waals surface area contributed by atoms with E-state index in [0.717, 1.165) is 4.90 Å². The minimum absolute atomic E-state index is 0.127. The summed E-state index contributed by atoms with van der Waals surface area (Å²) in [7, 11) is 1.55. The Morgan fingerprint density at radius 2 is 1.97 bits per heavy atom. The summed E-state index contributed by atoms with van der Waals surface area (Å²) >= 11 is 0. The van der Waals surface area contributed by atoms with Gasteiger partial charge in [-0.05, 0) is 18.2 Å². The zero-order chi connectivity index (χ0) is 20.7. The van der Waals surface area contributed by atoms with Crippen LogP contribution in [-0.2, 0) is 16.9 Å². The van der Waals surface area contributed by atoms with E-state index in [4.69, 9.17) is 14.0 Å². The van der Waals surface area contributed by atoms with Crippen LogP contribution in [0.2, 0.25) is 0 Å². The molecule has 3 amide bonds. The van der Waals surface area contributed by atoms with E-state index in [0.29, 0.717) is 41.5 Å². The molecule has 3 aromatic rings. The van der Waals surface area contributed by atoms with E-state index in [1.807, 2.05) is 24.3 Å². The summed E-state index contributed by atoms with van der Waals surface area (Å²) in [5, 5.41) is 6.82. The molecule has 0 bridgehead atoms. The van der Waals surface area contributed by atoms with Crippen LogP contribution in [0.5, 0.6) is 11.5 Å². The Hall–Kier alpha value is -3.88. The number of aromatic nitrogens is 2. The Bertz CT molecular complexity index is 1140. The molecule has 1 saturated heterocycles. The number of fused-ring (bicyclic) bond motifs is 2. The van der Waals surface area contributed by atoms with Gasteiger partial charge in [0.1, 0.15) is 18.0 Å². The lowest BCUT2D eigenvalue weighted by Gasteiger charge is -2.33. The molecule has 9 nitrogen and oxygen atoms in total. The van der Waals surface area contributed by atoms with Crippen LogP contribution in [-0.4, -0.2) is 40.7 Å². The molecule has 9 heteroatoms. The van der Waals surface area contributed by atoms with Crippen molar-refractivity contribution in [2.24, 2.45) is 0 Å². The summed E-state index contributed by atoms with van der Waals surface area (Å²) in [6, 6.07) is 14.0. The fourth-order valence-corrected chi connectivity index (χ4v) is 3.91. The number of carbonyl (C=O) groups excluding carboxylic acids is 2. The van der Waals surface area contributed by atoms with Crippen LogP contribution < -0.4 is 14.8 Å². The van der Waals surface area contributed by atoms with E-state index in [1.165, 1.54) is 0 Å². The molecule has 3 heterocycles. The first-order valence-electron chi connectivity index (χ1n) is 9.45. The summed E-state index contributed by atoms with van der Waals surface area (Å²) in [5.74, 6) is 1.30. The maximum atomic E-state index is 13.3. The summed E-state index contributed by atoms with van der Waals surface area (Å²) < 4.78 is 16.3. The number of benzene rings is 2. The largest absolute Gasteiger partial charge is 0.496 e. The van der Waals surface area contributed by atoms with Crippen LogP contribution >= 0.6 is 0 Å². The van der Waals surface area contributed by atoms with Crippen molar-refractivity contribution in [1.29, 1.82) is 0 Å². The molecule has 2 aliphatic heterocycles. The van der Waals surface area contributed by atoms with Gasteiger partial charge in [-0.25, -0.2) is 4.79 Å². The van der Waals surface area contributed by atoms with Crippen LogP contribution in [0.4, 0.5) is 4.79 Å². The molecule has 30 heavy (non-hydrogen) atoms. The van der Waals surface area contributed by atoms with Crippen molar-refractivity contribution in [2.75, 3.05) is 13.7 Å². The molecular formula is C21H18N4O5. The van der Waals surface area contributed by atoms with Crippen LogP contribution in [0.25, 0.3) is 11.4 Å². The van der Waals surface area contributed by atoms with Gasteiger partial charge in [0.15, 0.2) is 5.54 Å². The zero-order valence-electron chi connectivity index (χ0n) is 16.1. The fraction of sp³-hybridized carbons (Fsp3) is 0.238. The summed E-state index contributed by atoms with van der Waals surface area (Å²) in [5.41, 5.74) is 0.164. The molecule has 5 rings (SSSR count). The molecule has 2 aliphatic rings. The van der Waals surface area contributed by atoms with Crippen molar-refractivity contribution < 1.29 is 23.6 Å². The molecule has 1 atom stereocenters. The maximum Gasteiger partial charge on any atom is 0.325 e. The lowest BCUT2D eigenvalue weighted by molar-refractivity contribution is -0.133. The van der Waals surface area contributed by atoms with Gasteiger partial charge in [0.25, 0.3) is 5.91 Å². The van der Waals surface area contributed by atoms with Gasteiger partial charge in [-0.3, -0.25) is 9.69 Å². The van der Waals surface area contributed by atoms with Crippen LogP contribution in [0.15, 0.2) is 53.1 Å². The van der Waals surface area contributed by atoms with Gasteiger partial charge in [-0.2, -0.15) is 4.98 Å². The zero-order valence-corrected chi connectivity index (χ0v) is 16.1. The predicted octanol–water partition coefficient (Wildman–Crippen LogP) is 2.48. The monoisotopic (exact) mass is 406 g/mol. The third-order valence-corrected chi connectivity index (χ3v) is 5.37. The Labute approximate surface area is 171 Å². The number of hydrogen-bond donors (Lipinski definition) is 1. The number of hydrogen-bond acceptors (Lipinski definition) is 7. The van der Waals surface area contributed by atoms with Gasteiger partial charge in [0.05, 0.1) is 19.3 Å². The summed E-state index contributed by atoms with van der Waals surface area (Å²) in [6.07, 6.45) is 0.349. The smallest absolute Gasteiger partial charge is 0.325 e. The van der Waals surface area contributed by atoms with Crippen molar-refractivity contribution >= 4 is 11.9 Å². The topological polar surface area (TPSA) is 107 Å². The van der Waals surface area contributed by atoms with Crippen molar-refractivity contribution in [1.82, 2.24) is 20.4 Å².